The molecular weight excluding hydrogens is 308 g/mol. The van der Waals surface area contributed by atoms with Gasteiger partial charge in [-0.15, -0.1) is 0 Å². The van der Waals surface area contributed by atoms with Crippen LogP contribution in [0.5, 0.6) is 0 Å². The lowest BCUT2D eigenvalue weighted by Crippen LogP contribution is -2.19. The van der Waals surface area contributed by atoms with Gasteiger partial charge < -0.3 is 5.32 Å². The minimum atomic E-state index is -0.380. The van der Waals surface area contributed by atoms with E-state index in [4.69, 9.17) is 0 Å². The topological polar surface area (TPSA) is 55.2 Å². The van der Waals surface area contributed by atoms with Gasteiger partial charge in [-0.3, -0.25) is 10.1 Å². The zero-order valence-corrected chi connectivity index (χ0v) is 13.1. The lowest BCUT2D eigenvalue weighted by Gasteiger charge is -2.20. The van der Waals surface area contributed by atoms with Crippen molar-refractivity contribution in [2.75, 3.05) is 5.32 Å². The molecule has 0 aliphatic rings. The second-order valence-corrected chi connectivity index (χ2v) is 5.55. The molecule has 0 heterocycles. The second kappa shape index (κ2) is 8.15. The lowest BCUT2D eigenvalue weighted by atomic mass is 10.0. The number of nitro benzene ring substituents is 1. The summed E-state index contributed by atoms with van der Waals surface area (Å²) in [4.78, 5) is 10.3. The number of hydrogen-bond donors (Lipinski definition) is 1. The molecule has 0 aliphatic carbocycles. The Bertz CT molecular complexity index is 424. The Labute approximate surface area is 122 Å². The van der Waals surface area contributed by atoms with Crippen molar-refractivity contribution in [3.05, 3.63) is 32.8 Å². The summed E-state index contributed by atoms with van der Waals surface area (Å²) in [5.41, 5.74) is 1.04. The maximum Gasteiger partial charge on any atom is 0.270 e. The van der Waals surface area contributed by atoms with Gasteiger partial charge in [-0.25, -0.2) is 0 Å². The van der Waals surface area contributed by atoms with Crippen molar-refractivity contribution in [2.24, 2.45) is 0 Å². The summed E-state index contributed by atoms with van der Waals surface area (Å²) in [6.45, 7) is 4.36. The van der Waals surface area contributed by atoms with Crippen molar-refractivity contribution < 1.29 is 4.92 Å². The summed E-state index contributed by atoms with van der Waals surface area (Å²) in [5, 5.41) is 14.2. The van der Waals surface area contributed by atoms with Gasteiger partial charge in [0.1, 0.15) is 0 Å². The molecule has 1 rings (SSSR count). The first kappa shape index (κ1) is 16.0. The number of hydrogen-bond acceptors (Lipinski definition) is 3. The van der Waals surface area contributed by atoms with E-state index < -0.39 is 0 Å². The van der Waals surface area contributed by atoms with Crippen molar-refractivity contribution in [2.45, 2.75) is 52.0 Å². The van der Waals surface area contributed by atoms with Crippen molar-refractivity contribution in [1.82, 2.24) is 0 Å². The predicted molar refractivity (Wildman–Crippen MR) is 82.6 cm³/mol. The molecule has 106 valence electrons. The summed E-state index contributed by atoms with van der Waals surface area (Å²) >= 11 is 3.40. The minimum Gasteiger partial charge on any atom is -0.381 e. The van der Waals surface area contributed by atoms with Crippen LogP contribution < -0.4 is 5.32 Å². The molecule has 1 unspecified atom stereocenters. The largest absolute Gasteiger partial charge is 0.381 e. The Balaban J connectivity index is 2.75. The van der Waals surface area contributed by atoms with Crippen LogP contribution in [0.4, 0.5) is 11.4 Å². The van der Waals surface area contributed by atoms with Crippen LogP contribution in [0.2, 0.25) is 0 Å². The normalized spacial score (nSPS) is 12.2. The Morgan fingerprint density at radius 2 is 2.05 bits per heavy atom. The molecule has 1 aromatic rings. The quantitative estimate of drug-likeness (QED) is 0.531. The Hall–Kier alpha value is -1.10. The third-order valence-corrected chi connectivity index (χ3v) is 3.72. The van der Waals surface area contributed by atoms with Gasteiger partial charge in [0.25, 0.3) is 5.69 Å². The van der Waals surface area contributed by atoms with E-state index in [9.17, 15) is 10.1 Å². The number of nitrogens with one attached hydrogen (secondary N) is 1. The van der Waals surface area contributed by atoms with E-state index in [1.54, 1.807) is 12.1 Å². The van der Waals surface area contributed by atoms with Crippen LogP contribution in [0, 0.1) is 10.1 Å². The van der Waals surface area contributed by atoms with Crippen LogP contribution in [-0.4, -0.2) is 11.0 Å². The van der Waals surface area contributed by atoms with E-state index in [-0.39, 0.29) is 10.6 Å². The highest BCUT2D eigenvalue weighted by atomic mass is 79.9. The number of halogens is 1. The van der Waals surface area contributed by atoms with E-state index in [0.29, 0.717) is 6.04 Å². The van der Waals surface area contributed by atoms with E-state index in [2.05, 4.69) is 35.1 Å². The summed E-state index contributed by atoms with van der Waals surface area (Å²) in [7, 11) is 0. The zero-order valence-electron chi connectivity index (χ0n) is 11.5. The van der Waals surface area contributed by atoms with Crippen molar-refractivity contribution in [1.29, 1.82) is 0 Å². The molecule has 19 heavy (non-hydrogen) atoms. The van der Waals surface area contributed by atoms with E-state index in [1.807, 2.05) is 0 Å². The average Bonchev–Trinajstić information content (AvgIpc) is 2.38. The molecule has 1 N–H and O–H groups in total. The van der Waals surface area contributed by atoms with Crippen LogP contribution in [0.3, 0.4) is 0 Å². The molecule has 0 radical (unpaired) electrons. The first-order valence-electron chi connectivity index (χ1n) is 6.79. The van der Waals surface area contributed by atoms with Gasteiger partial charge in [0.2, 0.25) is 0 Å². The fourth-order valence-corrected chi connectivity index (χ4v) is 2.52. The molecule has 0 aliphatic heterocycles. The van der Waals surface area contributed by atoms with Crippen LogP contribution in [0.25, 0.3) is 0 Å². The van der Waals surface area contributed by atoms with Gasteiger partial charge in [0.15, 0.2) is 0 Å². The van der Waals surface area contributed by atoms with Crippen molar-refractivity contribution in [3.63, 3.8) is 0 Å². The molecule has 1 atom stereocenters. The molecule has 5 heteroatoms. The molecule has 4 nitrogen and oxygen atoms in total. The van der Waals surface area contributed by atoms with Crippen molar-refractivity contribution >= 4 is 27.3 Å². The molecule has 0 amide bonds. The number of nitro groups is 1. The second-order valence-electron chi connectivity index (χ2n) is 4.69. The maximum absolute atomic E-state index is 10.7. The number of unbranched alkanes of at least 4 members (excludes halogenated alkanes) is 1. The fraction of sp³-hybridized carbons (Fsp3) is 0.571. The Morgan fingerprint density at radius 1 is 1.32 bits per heavy atom. The van der Waals surface area contributed by atoms with E-state index in [1.165, 1.54) is 18.9 Å². The van der Waals surface area contributed by atoms with Crippen LogP contribution in [-0.2, 0) is 0 Å². The number of nitrogens with zero attached hydrogens (tertiary/aromatic N) is 1. The standard InChI is InChI=1S/C14H21BrN2O2/c1-3-5-7-11(6-4-2)16-14-9-8-12(17(18)19)10-13(14)15/h8-11,16H,3-7H2,1-2H3. The maximum atomic E-state index is 10.7. The summed E-state index contributed by atoms with van der Waals surface area (Å²) < 4.78 is 0.749. The fourth-order valence-electron chi connectivity index (χ4n) is 2.04. The summed E-state index contributed by atoms with van der Waals surface area (Å²) in [6, 6.07) is 5.29. The highest BCUT2D eigenvalue weighted by Gasteiger charge is 2.12. The average molecular weight is 329 g/mol. The molecule has 0 bridgehead atoms. The Morgan fingerprint density at radius 3 is 2.58 bits per heavy atom. The summed E-state index contributed by atoms with van der Waals surface area (Å²) in [6.07, 6.45) is 5.76. The van der Waals surface area contributed by atoms with Crippen molar-refractivity contribution in [3.8, 4) is 0 Å². The van der Waals surface area contributed by atoms with E-state index >= 15 is 0 Å². The number of anilines is 1. The minimum absolute atomic E-state index is 0.109. The molecule has 0 saturated carbocycles. The molecule has 1 aromatic carbocycles. The van der Waals surface area contributed by atoms with E-state index in [0.717, 1.165) is 29.4 Å². The van der Waals surface area contributed by atoms with Crippen LogP contribution in [0.15, 0.2) is 22.7 Å². The van der Waals surface area contributed by atoms with Gasteiger partial charge in [-0.2, -0.15) is 0 Å². The lowest BCUT2D eigenvalue weighted by molar-refractivity contribution is -0.384. The Kier molecular flexibility index (Phi) is 6.84. The first-order chi connectivity index (χ1) is 9.08. The zero-order chi connectivity index (χ0) is 14.3. The smallest absolute Gasteiger partial charge is 0.270 e. The van der Waals surface area contributed by atoms with Gasteiger partial charge in [0.05, 0.1) is 4.92 Å². The third kappa shape index (κ3) is 5.19. The molecule has 0 fully saturated rings. The molecular formula is C14H21BrN2O2. The third-order valence-electron chi connectivity index (χ3n) is 3.07. The first-order valence-corrected chi connectivity index (χ1v) is 7.58. The monoisotopic (exact) mass is 328 g/mol. The van der Waals surface area contributed by atoms with Crippen LogP contribution >= 0.6 is 15.9 Å². The molecule has 0 spiro atoms. The SMILES string of the molecule is CCCCC(CCC)Nc1ccc([N+](=O)[O-])cc1Br. The predicted octanol–water partition coefficient (Wildman–Crippen LogP) is 5.13. The highest BCUT2D eigenvalue weighted by molar-refractivity contribution is 9.10. The highest BCUT2D eigenvalue weighted by Crippen LogP contribution is 2.28. The van der Waals surface area contributed by atoms with Crippen LogP contribution in [0.1, 0.15) is 46.0 Å². The van der Waals surface area contributed by atoms with Gasteiger partial charge in [-0.1, -0.05) is 33.1 Å². The van der Waals surface area contributed by atoms with Gasteiger partial charge in [0, 0.05) is 28.3 Å². The van der Waals surface area contributed by atoms with Gasteiger partial charge in [-0.05, 0) is 34.8 Å². The van der Waals surface area contributed by atoms with Gasteiger partial charge >= 0.3 is 0 Å². The molecule has 0 aromatic heterocycles. The summed E-state index contributed by atoms with van der Waals surface area (Å²) in [5.74, 6) is 0. The molecule has 0 saturated heterocycles. The number of non-ortho nitro benzene ring substituents is 1. The number of benzene rings is 1. The number of rotatable bonds is 8.